The number of hydrogen-bond acceptors (Lipinski definition) is 7. The lowest BCUT2D eigenvalue weighted by Crippen LogP contribution is -2.33. The maximum Gasteiger partial charge on any atom is 0.341 e. The minimum absolute atomic E-state index is 0.0794. The molecule has 2 N–H and O–H groups in total. The summed E-state index contributed by atoms with van der Waals surface area (Å²) in [6.07, 6.45) is 1.71. The lowest BCUT2D eigenvalue weighted by Gasteiger charge is -2.19. The fourth-order valence-electron chi connectivity index (χ4n) is 2.77. The molecular weight excluding hydrogens is 446 g/mol. The van der Waals surface area contributed by atoms with Crippen LogP contribution < -0.4 is 10.6 Å². The summed E-state index contributed by atoms with van der Waals surface area (Å²) in [7, 11) is 1.51. The van der Waals surface area contributed by atoms with E-state index in [1.54, 1.807) is 19.9 Å². The van der Waals surface area contributed by atoms with Crippen LogP contribution in [0.25, 0.3) is 0 Å². The van der Waals surface area contributed by atoms with E-state index in [2.05, 4.69) is 17.2 Å². The lowest BCUT2D eigenvalue weighted by molar-refractivity contribution is -0.117. The molecule has 0 radical (unpaired) electrons. The highest BCUT2D eigenvalue weighted by Gasteiger charge is 2.26. The first-order valence-corrected chi connectivity index (χ1v) is 11.2. The number of nitrogens with zero attached hydrogens (tertiary/aromatic N) is 1. The van der Waals surface area contributed by atoms with Crippen molar-refractivity contribution in [3.8, 4) is 0 Å². The van der Waals surface area contributed by atoms with Gasteiger partial charge in [-0.2, -0.15) is 0 Å². The third-order valence-electron chi connectivity index (χ3n) is 4.08. The molecule has 2 amide bonds. The number of carbonyl (C=O) groups is 3. The van der Waals surface area contributed by atoms with Crippen LogP contribution in [0.1, 0.15) is 37.4 Å². The Balaban J connectivity index is 2.21. The molecule has 0 aromatic carbocycles. The van der Waals surface area contributed by atoms with Gasteiger partial charge in [0.05, 0.1) is 27.9 Å². The zero-order valence-electron chi connectivity index (χ0n) is 17.0. The summed E-state index contributed by atoms with van der Waals surface area (Å²) < 4.78 is 5.79. The SMILES string of the molecule is C=CCN(CC(=O)Nc1sc(C(=O)NC)c(C)c1C(=O)OCC)Cc1ccc(Cl)s1. The van der Waals surface area contributed by atoms with Gasteiger partial charge in [0.15, 0.2) is 0 Å². The predicted molar refractivity (Wildman–Crippen MR) is 122 cm³/mol. The van der Waals surface area contributed by atoms with Gasteiger partial charge in [0, 0.05) is 25.0 Å². The van der Waals surface area contributed by atoms with Gasteiger partial charge in [0.2, 0.25) is 5.91 Å². The lowest BCUT2D eigenvalue weighted by atomic mass is 10.1. The Morgan fingerprint density at radius 1 is 1.30 bits per heavy atom. The van der Waals surface area contributed by atoms with Gasteiger partial charge >= 0.3 is 5.97 Å². The van der Waals surface area contributed by atoms with E-state index in [0.717, 1.165) is 16.2 Å². The molecule has 0 atom stereocenters. The molecule has 0 bridgehead atoms. The average Bonchev–Trinajstić information content (AvgIpc) is 3.24. The van der Waals surface area contributed by atoms with Crippen LogP contribution in [0.15, 0.2) is 24.8 Å². The highest BCUT2D eigenvalue weighted by Crippen LogP contribution is 2.34. The zero-order chi connectivity index (χ0) is 22.3. The van der Waals surface area contributed by atoms with Crippen LogP contribution in [0.5, 0.6) is 0 Å². The molecule has 0 fully saturated rings. The first-order chi connectivity index (χ1) is 14.3. The standard InChI is InChI=1S/C20H24ClN3O4S2/c1-5-9-24(10-13-7-8-14(21)29-13)11-15(25)23-19-16(20(27)28-6-2)12(3)17(30-19)18(26)22-4/h5,7-8H,1,6,9-11H2,2-4H3,(H,22,26)(H,23,25). The molecule has 0 spiro atoms. The number of carbonyl (C=O) groups excluding carboxylic acids is 3. The Morgan fingerprint density at radius 2 is 2.03 bits per heavy atom. The summed E-state index contributed by atoms with van der Waals surface area (Å²) in [5, 5.41) is 5.61. The van der Waals surface area contributed by atoms with Gasteiger partial charge in [-0.3, -0.25) is 14.5 Å². The molecule has 30 heavy (non-hydrogen) atoms. The Bertz CT molecular complexity index is 939. The predicted octanol–water partition coefficient (Wildman–Crippen LogP) is 3.93. The van der Waals surface area contributed by atoms with Crippen molar-refractivity contribution in [2.75, 3.05) is 32.1 Å². The Hall–Kier alpha value is -2.20. The first kappa shape index (κ1) is 24.1. The van der Waals surface area contributed by atoms with Crippen molar-refractivity contribution >= 4 is 57.1 Å². The van der Waals surface area contributed by atoms with Crippen molar-refractivity contribution in [3.63, 3.8) is 0 Å². The fraction of sp³-hybridized carbons (Fsp3) is 0.350. The van der Waals surface area contributed by atoms with Crippen LogP contribution in [-0.4, -0.2) is 49.4 Å². The number of halogens is 1. The number of esters is 1. The number of nitrogens with one attached hydrogen (secondary N) is 2. The second kappa shape index (κ2) is 11.3. The third kappa shape index (κ3) is 6.15. The fourth-order valence-corrected chi connectivity index (χ4v) is 5.06. The zero-order valence-corrected chi connectivity index (χ0v) is 19.4. The normalized spacial score (nSPS) is 10.7. The number of anilines is 1. The second-order valence-corrected chi connectivity index (χ2v) is 9.09. The summed E-state index contributed by atoms with van der Waals surface area (Å²) in [5.74, 6) is -1.21. The van der Waals surface area contributed by atoms with E-state index in [0.29, 0.717) is 32.9 Å². The largest absolute Gasteiger partial charge is 0.462 e. The van der Waals surface area contributed by atoms with Gasteiger partial charge < -0.3 is 15.4 Å². The maximum atomic E-state index is 12.7. The van der Waals surface area contributed by atoms with Crippen LogP contribution in [0.3, 0.4) is 0 Å². The number of rotatable bonds is 10. The molecule has 2 aromatic rings. The van der Waals surface area contributed by atoms with Gasteiger partial charge in [-0.1, -0.05) is 17.7 Å². The summed E-state index contributed by atoms with van der Waals surface area (Å²) in [6, 6.07) is 3.73. The minimum Gasteiger partial charge on any atom is -0.462 e. The molecule has 0 aliphatic heterocycles. The number of amides is 2. The van der Waals surface area contributed by atoms with E-state index < -0.39 is 5.97 Å². The summed E-state index contributed by atoms with van der Waals surface area (Å²) in [5.41, 5.74) is 0.679. The molecule has 0 aliphatic carbocycles. The smallest absolute Gasteiger partial charge is 0.341 e. The molecule has 10 heteroatoms. The third-order valence-corrected chi connectivity index (χ3v) is 6.50. The van der Waals surface area contributed by atoms with Gasteiger partial charge in [0.1, 0.15) is 5.00 Å². The van der Waals surface area contributed by atoms with Crippen molar-refractivity contribution < 1.29 is 19.1 Å². The van der Waals surface area contributed by atoms with Gasteiger partial charge in [-0.05, 0) is 31.5 Å². The first-order valence-electron chi connectivity index (χ1n) is 9.20. The van der Waals surface area contributed by atoms with Gasteiger partial charge in [-0.15, -0.1) is 29.3 Å². The summed E-state index contributed by atoms with van der Waals surface area (Å²) in [6.45, 7) is 8.40. The van der Waals surface area contributed by atoms with E-state index in [1.165, 1.54) is 18.4 Å². The van der Waals surface area contributed by atoms with Crippen LogP contribution in [-0.2, 0) is 16.1 Å². The molecule has 162 valence electrons. The van der Waals surface area contributed by atoms with Crippen LogP contribution in [0.4, 0.5) is 5.00 Å². The van der Waals surface area contributed by atoms with Crippen molar-refractivity contribution in [2.45, 2.75) is 20.4 Å². The molecule has 7 nitrogen and oxygen atoms in total. The monoisotopic (exact) mass is 469 g/mol. The molecule has 0 unspecified atom stereocenters. The Kier molecular flexibility index (Phi) is 9.04. The maximum absolute atomic E-state index is 12.7. The summed E-state index contributed by atoms with van der Waals surface area (Å²) in [4.78, 5) is 40.6. The molecule has 2 aromatic heterocycles. The van der Waals surface area contributed by atoms with Crippen LogP contribution in [0.2, 0.25) is 4.34 Å². The quantitative estimate of drug-likeness (QED) is 0.406. The molecule has 2 heterocycles. The topological polar surface area (TPSA) is 87.7 Å². The van der Waals surface area contributed by atoms with Gasteiger partial charge in [0.25, 0.3) is 5.91 Å². The molecule has 2 rings (SSSR count). The Morgan fingerprint density at radius 3 is 2.60 bits per heavy atom. The van der Waals surface area contributed by atoms with Gasteiger partial charge in [-0.25, -0.2) is 4.79 Å². The minimum atomic E-state index is -0.576. The second-order valence-electron chi connectivity index (χ2n) is 6.27. The van der Waals surface area contributed by atoms with E-state index in [-0.39, 0.29) is 30.5 Å². The number of thiophene rings is 2. The molecule has 0 saturated carbocycles. The van der Waals surface area contributed by atoms with Crippen molar-refractivity contribution in [2.24, 2.45) is 0 Å². The highest BCUT2D eigenvalue weighted by atomic mass is 35.5. The molecule has 0 saturated heterocycles. The van der Waals surface area contributed by atoms with Crippen molar-refractivity contribution in [1.29, 1.82) is 0 Å². The number of ether oxygens (including phenoxy) is 1. The molecule has 0 aliphatic rings. The van der Waals surface area contributed by atoms with E-state index in [9.17, 15) is 14.4 Å². The molecular formula is C20H24ClN3O4S2. The van der Waals surface area contributed by atoms with E-state index in [4.69, 9.17) is 16.3 Å². The van der Waals surface area contributed by atoms with E-state index in [1.807, 2.05) is 17.0 Å². The van der Waals surface area contributed by atoms with Crippen LogP contribution >= 0.6 is 34.3 Å². The highest BCUT2D eigenvalue weighted by molar-refractivity contribution is 7.18. The van der Waals surface area contributed by atoms with Crippen molar-refractivity contribution in [3.05, 3.63) is 50.0 Å². The summed E-state index contributed by atoms with van der Waals surface area (Å²) >= 11 is 8.49. The van der Waals surface area contributed by atoms with Crippen LogP contribution in [0, 0.1) is 6.92 Å². The Labute approximate surface area is 188 Å². The number of hydrogen-bond donors (Lipinski definition) is 2. The average molecular weight is 470 g/mol. The van der Waals surface area contributed by atoms with E-state index >= 15 is 0 Å². The van der Waals surface area contributed by atoms with Crippen molar-refractivity contribution in [1.82, 2.24) is 10.2 Å².